The number of para-hydroxylation sites is 1. The summed E-state index contributed by atoms with van der Waals surface area (Å²) in [4.78, 5) is 30.9. The van der Waals surface area contributed by atoms with Gasteiger partial charge in [0.15, 0.2) is 0 Å². The SMILES string of the molecule is N#Cc1ccc(CCC(=O)N2CCCc3cccc(N(CC(=O)NCc4ccccc4)Cc4ccccc4)c32)cc1. The average molecular weight is 543 g/mol. The standard InChI is InChI=1S/C35H34N4O2/c36-23-28-18-16-27(17-19-28)20-21-34(41)39-22-8-14-31-13-7-15-32(35(31)39)38(25-30-11-5-2-6-12-30)26-33(40)37-24-29-9-3-1-4-10-29/h1-7,9-13,15-19H,8,14,20-22,24-26H2,(H,37,40). The van der Waals surface area contributed by atoms with Gasteiger partial charge in [0.1, 0.15) is 0 Å². The Hall–Kier alpha value is -4.89. The fourth-order valence-electron chi connectivity index (χ4n) is 5.32. The van der Waals surface area contributed by atoms with Crippen molar-refractivity contribution in [3.05, 3.63) is 131 Å². The van der Waals surface area contributed by atoms with E-state index in [0.29, 0.717) is 38.0 Å². The zero-order chi connectivity index (χ0) is 28.4. The molecule has 0 aliphatic carbocycles. The van der Waals surface area contributed by atoms with E-state index in [1.54, 1.807) is 12.1 Å². The van der Waals surface area contributed by atoms with Crippen molar-refractivity contribution in [1.29, 1.82) is 5.26 Å². The summed E-state index contributed by atoms with van der Waals surface area (Å²) >= 11 is 0. The van der Waals surface area contributed by atoms with Gasteiger partial charge in [0.2, 0.25) is 11.8 Å². The van der Waals surface area contributed by atoms with Crippen LogP contribution in [0.5, 0.6) is 0 Å². The number of fused-ring (bicyclic) bond motifs is 1. The molecule has 6 nitrogen and oxygen atoms in total. The smallest absolute Gasteiger partial charge is 0.239 e. The number of hydrogen-bond acceptors (Lipinski definition) is 4. The number of nitriles is 1. The molecule has 1 aliphatic rings. The van der Waals surface area contributed by atoms with Gasteiger partial charge in [0, 0.05) is 26.1 Å². The van der Waals surface area contributed by atoms with E-state index in [4.69, 9.17) is 5.26 Å². The molecule has 0 bridgehead atoms. The van der Waals surface area contributed by atoms with Crippen molar-refractivity contribution < 1.29 is 9.59 Å². The number of hydrogen-bond donors (Lipinski definition) is 1. The lowest BCUT2D eigenvalue weighted by molar-refractivity contribution is -0.120. The van der Waals surface area contributed by atoms with E-state index in [1.165, 1.54) is 0 Å². The third-order valence-corrected chi connectivity index (χ3v) is 7.43. The molecule has 5 rings (SSSR count). The van der Waals surface area contributed by atoms with E-state index in [2.05, 4.69) is 34.5 Å². The van der Waals surface area contributed by atoms with E-state index < -0.39 is 0 Å². The first-order valence-electron chi connectivity index (χ1n) is 14.1. The molecule has 0 unspecified atom stereocenters. The minimum Gasteiger partial charge on any atom is -0.356 e. The number of carbonyl (C=O) groups excluding carboxylic acids is 2. The molecule has 1 aliphatic heterocycles. The van der Waals surface area contributed by atoms with Crippen LogP contribution >= 0.6 is 0 Å². The molecule has 206 valence electrons. The van der Waals surface area contributed by atoms with Crippen LogP contribution in [-0.2, 0) is 35.5 Å². The second kappa shape index (κ2) is 13.5. The van der Waals surface area contributed by atoms with Crippen LogP contribution in [0.1, 0.15) is 40.7 Å². The number of nitrogens with one attached hydrogen (secondary N) is 1. The van der Waals surface area contributed by atoms with Crippen molar-refractivity contribution in [3.63, 3.8) is 0 Å². The Kier molecular flexibility index (Phi) is 9.08. The third-order valence-electron chi connectivity index (χ3n) is 7.43. The molecule has 0 radical (unpaired) electrons. The molecule has 0 saturated heterocycles. The molecule has 4 aromatic rings. The van der Waals surface area contributed by atoms with Crippen LogP contribution in [0.25, 0.3) is 0 Å². The third kappa shape index (κ3) is 7.20. The Morgan fingerprint density at radius 2 is 1.54 bits per heavy atom. The highest BCUT2D eigenvalue weighted by Crippen LogP contribution is 2.38. The molecule has 0 saturated carbocycles. The van der Waals surface area contributed by atoms with Gasteiger partial charge in [0.05, 0.1) is 29.6 Å². The van der Waals surface area contributed by atoms with E-state index in [0.717, 1.165) is 46.5 Å². The molecule has 0 atom stereocenters. The average Bonchev–Trinajstić information content (AvgIpc) is 3.03. The first kappa shape index (κ1) is 27.7. The molecule has 0 aromatic heterocycles. The van der Waals surface area contributed by atoms with E-state index in [1.807, 2.05) is 77.7 Å². The highest BCUT2D eigenvalue weighted by Gasteiger charge is 2.28. The number of rotatable bonds is 10. The van der Waals surface area contributed by atoms with Crippen LogP contribution in [0.4, 0.5) is 11.4 Å². The summed E-state index contributed by atoms with van der Waals surface area (Å²) in [6.07, 6.45) is 2.77. The van der Waals surface area contributed by atoms with Crippen molar-refractivity contribution in [3.8, 4) is 6.07 Å². The van der Waals surface area contributed by atoms with Gasteiger partial charge < -0.3 is 15.1 Å². The maximum Gasteiger partial charge on any atom is 0.239 e. The molecule has 0 spiro atoms. The van der Waals surface area contributed by atoms with E-state index in [-0.39, 0.29) is 18.4 Å². The van der Waals surface area contributed by atoms with Crippen LogP contribution < -0.4 is 15.1 Å². The van der Waals surface area contributed by atoms with E-state index >= 15 is 0 Å². The van der Waals surface area contributed by atoms with Gasteiger partial charge in [0.25, 0.3) is 0 Å². The second-order valence-corrected chi connectivity index (χ2v) is 10.3. The number of aryl methyl sites for hydroxylation is 2. The Morgan fingerprint density at radius 3 is 2.24 bits per heavy atom. The van der Waals surface area contributed by atoms with Crippen LogP contribution in [0.3, 0.4) is 0 Å². The predicted octanol–water partition coefficient (Wildman–Crippen LogP) is 5.79. The fourth-order valence-corrected chi connectivity index (χ4v) is 5.32. The van der Waals surface area contributed by atoms with Gasteiger partial charge >= 0.3 is 0 Å². The predicted molar refractivity (Wildman–Crippen MR) is 162 cm³/mol. The Balaban J connectivity index is 1.38. The zero-order valence-electron chi connectivity index (χ0n) is 23.1. The van der Waals surface area contributed by atoms with Gasteiger partial charge in [-0.05, 0) is 59.7 Å². The Morgan fingerprint density at radius 1 is 0.829 bits per heavy atom. The number of anilines is 2. The van der Waals surface area contributed by atoms with E-state index in [9.17, 15) is 9.59 Å². The fraction of sp³-hybridized carbons (Fsp3) is 0.229. The number of amides is 2. The lowest BCUT2D eigenvalue weighted by atomic mass is 9.98. The molecule has 4 aromatic carbocycles. The zero-order valence-corrected chi connectivity index (χ0v) is 23.1. The first-order chi connectivity index (χ1) is 20.1. The summed E-state index contributed by atoms with van der Waals surface area (Å²) < 4.78 is 0. The lowest BCUT2D eigenvalue weighted by Crippen LogP contribution is -2.40. The summed E-state index contributed by atoms with van der Waals surface area (Å²) in [6, 6.07) is 35.7. The Labute approximate surface area is 241 Å². The molecule has 2 amide bonds. The largest absolute Gasteiger partial charge is 0.356 e. The number of benzene rings is 4. The van der Waals surface area contributed by atoms with Crippen LogP contribution in [0.2, 0.25) is 0 Å². The van der Waals surface area contributed by atoms with Gasteiger partial charge in [-0.2, -0.15) is 5.26 Å². The summed E-state index contributed by atoms with van der Waals surface area (Å²) in [5, 5.41) is 12.1. The number of nitrogens with zero attached hydrogens (tertiary/aromatic N) is 3. The highest BCUT2D eigenvalue weighted by atomic mass is 16.2. The summed E-state index contributed by atoms with van der Waals surface area (Å²) in [7, 11) is 0. The minimum atomic E-state index is -0.0723. The van der Waals surface area contributed by atoms with Gasteiger partial charge in [-0.1, -0.05) is 84.9 Å². The van der Waals surface area contributed by atoms with Crippen molar-refractivity contribution in [2.75, 3.05) is 22.9 Å². The summed E-state index contributed by atoms with van der Waals surface area (Å²) in [5.74, 6) is -0.00663. The van der Waals surface area contributed by atoms with Crippen LogP contribution in [-0.4, -0.2) is 24.9 Å². The molecular formula is C35H34N4O2. The van der Waals surface area contributed by atoms with Gasteiger partial charge in [-0.25, -0.2) is 0 Å². The maximum absolute atomic E-state index is 13.6. The quantitative estimate of drug-likeness (QED) is 0.275. The molecule has 1 heterocycles. The van der Waals surface area contributed by atoms with Gasteiger partial charge in [-0.15, -0.1) is 0 Å². The molecule has 6 heteroatoms. The van der Waals surface area contributed by atoms with Crippen molar-refractivity contribution in [2.45, 2.75) is 38.8 Å². The lowest BCUT2D eigenvalue weighted by Gasteiger charge is -2.35. The topological polar surface area (TPSA) is 76.4 Å². The summed E-state index contributed by atoms with van der Waals surface area (Å²) in [6.45, 7) is 1.83. The second-order valence-electron chi connectivity index (χ2n) is 10.3. The molecule has 1 N–H and O–H groups in total. The van der Waals surface area contributed by atoms with Crippen molar-refractivity contribution >= 4 is 23.2 Å². The van der Waals surface area contributed by atoms with Crippen molar-refractivity contribution in [1.82, 2.24) is 5.32 Å². The summed E-state index contributed by atoms with van der Waals surface area (Å²) in [5.41, 5.74) is 6.72. The molecule has 41 heavy (non-hydrogen) atoms. The molecular weight excluding hydrogens is 508 g/mol. The minimum absolute atomic E-state index is 0.0657. The maximum atomic E-state index is 13.6. The first-order valence-corrected chi connectivity index (χ1v) is 14.1. The highest BCUT2D eigenvalue weighted by molar-refractivity contribution is 5.99. The van der Waals surface area contributed by atoms with Crippen LogP contribution in [0.15, 0.2) is 103 Å². The van der Waals surface area contributed by atoms with Gasteiger partial charge in [-0.3, -0.25) is 9.59 Å². The monoisotopic (exact) mass is 542 g/mol. The Bertz CT molecular complexity index is 1510. The number of carbonyl (C=O) groups is 2. The van der Waals surface area contributed by atoms with Crippen molar-refractivity contribution in [2.24, 2.45) is 0 Å². The molecule has 0 fully saturated rings. The normalized spacial score (nSPS) is 12.2. The van der Waals surface area contributed by atoms with Crippen LogP contribution in [0, 0.1) is 11.3 Å².